The van der Waals surface area contributed by atoms with Gasteiger partial charge in [0.25, 0.3) is 0 Å². The van der Waals surface area contributed by atoms with Crippen LogP contribution in [0, 0.1) is 5.92 Å². The van der Waals surface area contributed by atoms with Crippen LogP contribution in [-0.2, 0) is 4.79 Å². The van der Waals surface area contributed by atoms with Crippen LogP contribution in [0.4, 0.5) is 0 Å². The highest BCUT2D eigenvalue weighted by molar-refractivity contribution is 5.84. The van der Waals surface area contributed by atoms with Crippen molar-refractivity contribution in [1.82, 2.24) is 0 Å². The topological polar surface area (TPSA) is 69.1 Å². The SMILES string of the molecule is CC1CCCCCC1(N)C(N)=O. The molecule has 70 valence electrons. The molecule has 1 amide bonds. The van der Waals surface area contributed by atoms with E-state index in [0.29, 0.717) is 0 Å². The van der Waals surface area contributed by atoms with Crippen LogP contribution in [0.5, 0.6) is 0 Å². The summed E-state index contributed by atoms with van der Waals surface area (Å²) in [4.78, 5) is 11.1. The molecule has 0 spiro atoms. The second-order valence-corrected chi connectivity index (χ2v) is 3.91. The predicted molar refractivity (Wildman–Crippen MR) is 48.4 cm³/mol. The smallest absolute Gasteiger partial charge is 0.237 e. The molecule has 3 nitrogen and oxygen atoms in total. The molecule has 0 heterocycles. The molecule has 0 aliphatic heterocycles. The lowest BCUT2D eigenvalue weighted by molar-refractivity contribution is -0.125. The Morgan fingerprint density at radius 2 is 2.08 bits per heavy atom. The van der Waals surface area contributed by atoms with Crippen molar-refractivity contribution in [3.63, 3.8) is 0 Å². The van der Waals surface area contributed by atoms with Gasteiger partial charge in [-0.2, -0.15) is 0 Å². The maximum atomic E-state index is 11.1. The first-order valence-electron chi connectivity index (χ1n) is 4.66. The largest absolute Gasteiger partial charge is 0.368 e. The van der Waals surface area contributed by atoms with E-state index in [1.54, 1.807) is 0 Å². The summed E-state index contributed by atoms with van der Waals surface area (Å²) in [6.45, 7) is 2.02. The Kier molecular flexibility index (Phi) is 2.73. The van der Waals surface area contributed by atoms with E-state index in [1.807, 2.05) is 6.92 Å². The van der Waals surface area contributed by atoms with Gasteiger partial charge in [-0.3, -0.25) is 4.79 Å². The third-order valence-corrected chi connectivity index (χ3v) is 3.07. The van der Waals surface area contributed by atoms with E-state index < -0.39 is 5.54 Å². The maximum absolute atomic E-state index is 11.1. The van der Waals surface area contributed by atoms with Crippen molar-refractivity contribution in [2.45, 2.75) is 44.6 Å². The quantitative estimate of drug-likeness (QED) is 0.571. The molecule has 1 aliphatic carbocycles. The molecule has 0 aromatic rings. The Hall–Kier alpha value is -0.570. The number of nitrogens with two attached hydrogens (primary N) is 2. The van der Waals surface area contributed by atoms with E-state index in [2.05, 4.69) is 0 Å². The standard InChI is InChI=1S/C9H18N2O/c1-7-5-3-2-4-6-9(7,11)8(10)12/h7H,2-6,11H2,1H3,(H2,10,12). The van der Waals surface area contributed by atoms with Gasteiger partial charge in [0, 0.05) is 0 Å². The molecular formula is C9H18N2O. The summed E-state index contributed by atoms with van der Waals surface area (Å²) in [5.41, 5.74) is 10.5. The monoisotopic (exact) mass is 170 g/mol. The number of carbonyl (C=O) groups excluding carboxylic acids is 1. The molecule has 0 aromatic carbocycles. The minimum Gasteiger partial charge on any atom is -0.368 e. The Morgan fingerprint density at radius 1 is 1.42 bits per heavy atom. The van der Waals surface area contributed by atoms with Crippen molar-refractivity contribution < 1.29 is 4.79 Å². The fraction of sp³-hybridized carbons (Fsp3) is 0.889. The van der Waals surface area contributed by atoms with E-state index in [-0.39, 0.29) is 11.8 Å². The fourth-order valence-electron chi connectivity index (χ4n) is 1.91. The summed E-state index contributed by atoms with van der Waals surface area (Å²) in [5, 5.41) is 0. The Morgan fingerprint density at radius 3 is 2.67 bits per heavy atom. The zero-order valence-corrected chi connectivity index (χ0v) is 7.68. The van der Waals surface area contributed by atoms with Crippen LogP contribution < -0.4 is 11.5 Å². The molecule has 0 aromatic heterocycles. The number of hydrogen-bond donors (Lipinski definition) is 2. The highest BCUT2D eigenvalue weighted by Gasteiger charge is 2.38. The van der Waals surface area contributed by atoms with Crippen LogP contribution >= 0.6 is 0 Å². The van der Waals surface area contributed by atoms with Gasteiger partial charge in [-0.1, -0.05) is 26.2 Å². The van der Waals surface area contributed by atoms with Gasteiger partial charge in [0.15, 0.2) is 0 Å². The molecule has 4 N–H and O–H groups in total. The summed E-state index contributed by atoms with van der Waals surface area (Å²) in [6.07, 6.45) is 5.16. The number of primary amides is 1. The molecule has 1 aliphatic rings. The first-order valence-corrected chi connectivity index (χ1v) is 4.66. The normalized spacial score (nSPS) is 37.3. The van der Waals surface area contributed by atoms with Gasteiger partial charge >= 0.3 is 0 Å². The van der Waals surface area contributed by atoms with E-state index in [0.717, 1.165) is 19.3 Å². The fourth-order valence-corrected chi connectivity index (χ4v) is 1.91. The van der Waals surface area contributed by atoms with Gasteiger partial charge in [-0.05, 0) is 18.8 Å². The van der Waals surface area contributed by atoms with Crippen LogP contribution in [0.1, 0.15) is 39.0 Å². The van der Waals surface area contributed by atoms with E-state index in [9.17, 15) is 4.79 Å². The van der Waals surface area contributed by atoms with Crippen LogP contribution in [0.15, 0.2) is 0 Å². The predicted octanol–water partition coefficient (Wildman–Crippen LogP) is 0.769. The van der Waals surface area contributed by atoms with Crippen molar-refractivity contribution in [1.29, 1.82) is 0 Å². The molecule has 0 saturated heterocycles. The average Bonchev–Trinajstić information content (AvgIpc) is 2.16. The molecule has 3 heteroatoms. The molecule has 1 rings (SSSR count). The number of carbonyl (C=O) groups is 1. The van der Waals surface area contributed by atoms with Gasteiger partial charge in [-0.15, -0.1) is 0 Å². The molecule has 1 fully saturated rings. The zero-order chi connectivity index (χ0) is 9.19. The van der Waals surface area contributed by atoms with Crippen LogP contribution in [-0.4, -0.2) is 11.4 Å². The van der Waals surface area contributed by atoms with E-state index >= 15 is 0 Å². The summed E-state index contributed by atoms with van der Waals surface area (Å²) >= 11 is 0. The van der Waals surface area contributed by atoms with Crippen LogP contribution in [0.2, 0.25) is 0 Å². The van der Waals surface area contributed by atoms with E-state index in [4.69, 9.17) is 11.5 Å². The maximum Gasteiger partial charge on any atom is 0.237 e. The molecular weight excluding hydrogens is 152 g/mol. The Balaban J connectivity index is 2.75. The van der Waals surface area contributed by atoms with E-state index in [1.165, 1.54) is 12.8 Å². The first kappa shape index (κ1) is 9.52. The third kappa shape index (κ3) is 1.61. The lowest BCUT2D eigenvalue weighted by Gasteiger charge is -2.30. The van der Waals surface area contributed by atoms with Crippen molar-refractivity contribution in [3.8, 4) is 0 Å². The summed E-state index contributed by atoms with van der Waals surface area (Å²) in [6, 6.07) is 0. The highest BCUT2D eigenvalue weighted by atomic mass is 16.1. The number of amides is 1. The van der Waals surface area contributed by atoms with Gasteiger partial charge < -0.3 is 11.5 Å². The minimum absolute atomic E-state index is 0.234. The zero-order valence-electron chi connectivity index (χ0n) is 7.68. The second-order valence-electron chi connectivity index (χ2n) is 3.91. The minimum atomic E-state index is -0.740. The average molecular weight is 170 g/mol. The molecule has 0 radical (unpaired) electrons. The van der Waals surface area contributed by atoms with Crippen molar-refractivity contribution in [2.75, 3.05) is 0 Å². The summed E-state index contributed by atoms with van der Waals surface area (Å²) in [7, 11) is 0. The Labute approximate surface area is 73.5 Å². The molecule has 2 atom stereocenters. The van der Waals surface area contributed by atoms with Crippen molar-refractivity contribution >= 4 is 5.91 Å². The second kappa shape index (κ2) is 3.44. The molecule has 2 unspecified atom stereocenters. The van der Waals surface area contributed by atoms with Gasteiger partial charge in [0.1, 0.15) is 0 Å². The number of rotatable bonds is 1. The lowest BCUT2D eigenvalue weighted by Crippen LogP contribution is -2.56. The highest BCUT2D eigenvalue weighted by Crippen LogP contribution is 2.29. The van der Waals surface area contributed by atoms with Crippen molar-refractivity contribution in [2.24, 2.45) is 17.4 Å². The lowest BCUT2D eigenvalue weighted by atomic mass is 9.81. The van der Waals surface area contributed by atoms with Crippen LogP contribution in [0.3, 0.4) is 0 Å². The Bertz CT molecular complexity index is 181. The van der Waals surface area contributed by atoms with Gasteiger partial charge in [0.2, 0.25) is 5.91 Å². The van der Waals surface area contributed by atoms with Gasteiger partial charge in [-0.25, -0.2) is 0 Å². The first-order chi connectivity index (χ1) is 5.57. The summed E-state index contributed by atoms with van der Waals surface area (Å²) < 4.78 is 0. The van der Waals surface area contributed by atoms with Gasteiger partial charge in [0.05, 0.1) is 5.54 Å². The van der Waals surface area contributed by atoms with Crippen LogP contribution in [0.25, 0.3) is 0 Å². The molecule has 12 heavy (non-hydrogen) atoms. The molecule has 1 saturated carbocycles. The van der Waals surface area contributed by atoms with Crippen molar-refractivity contribution in [3.05, 3.63) is 0 Å². The summed E-state index contributed by atoms with van der Waals surface area (Å²) in [5.74, 6) is -0.102. The molecule has 0 bridgehead atoms. The number of hydrogen-bond acceptors (Lipinski definition) is 2. The third-order valence-electron chi connectivity index (χ3n) is 3.07.